The second-order valence-electron chi connectivity index (χ2n) is 4.53. The van der Waals surface area contributed by atoms with Gasteiger partial charge in [0, 0.05) is 5.56 Å². The van der Waals surface area contributed by atoms with E-state index in [1.54, 1.807) is 6.07 Å². The van der Waals surface area contributed by atoms with Crippen LogP contribution in [-0.2, 0) is 0 Å². The van der Waals surface area contributed by atoms with Crippen LogP contribution in [0.1, 0.15) is 16.1 Å². The van der Waals surface area contributed by atoms with E-state index in [1.807, 2.05) is 30.3 Å². The number of nitrogens with zero attached hydrogens (tertiary/aromatic N) is 2. The summed E-state index contributed by atoms with van der Waals surface area (Å²) in [5.74, 6) is -0.915. The number of nitrogen functional groups attached to an aromatic ring is 1. The summed E-state index contributed by atoms with van der Waals surface area (Å²) in [6.07, 6.45) is 1.54. The number of hydrogen-bond acceptors (Lipinski definition) is 3. The van der Waals surface area contributed by atoms with E-state index in [0.29, 0.717) is 5.69 Å². The van der Waals surface area contributed by atoms with E-state index in [-0.39, 0.29) is 17.0 Å². The second kappa shape index (κ2) is 5.20. The average molecular weight is 281 g/mol. The van der Waals surface area contributed by atoms with E-state index < -0.39 is 5.82 Å². The van der Waals surface area contributed by atoms with E-state index in [9.17, 15) is 9.18 Å². The van der Waals surface area contributed by atoms with Gasteiger partial charge in [-0.25, -0.2) is 9.07 Å². The number of benzene rings is 2. The lowest BCUT2D eigenvalue weighted by atomic mass is 10.1. The molecule has 0 bridgehead atoms. The molecule has 0 atom stereocenters. The van der Waals surface area contributed by atoms with Crippen molar-refractivity contribution in [3.63, 3.8) is 0 Å². The van der Waals surface area contributed by atoms with Crippen LogP contribution >= 0.6 is 0 Å². The quantitative estimate of drug-likeness (QED) is 0.593. The van der Waals surface area contributed by atoms with Crippen LogP contribution in [0.4, 0.5) is 10.1 Å². The topological polar surface area (TPSA) is 60.9 Å². The first kappa shape index (κ1) is 13.1. The highest BCUT2D eigenvalue weighted by molar-refractivity contribution is 6.08. The summed E-state index contributed by atoms with van der Waals surface area (Å²) in [6, 6.07) is 14.9. The minimum atomic E-state index is -0.605. The summed E-state index contributed by atoms with van der Waals surface area (Å²) in [7, 11) is 0. The van der Waals surface area contributed by atoms with Gasteiger partial charge in [-0.05, 0) is 36.4 Å². The van der Waals surface area contributed by atoms with Crippen molar-refractivity contribution in [3.05, 3.63) is 77.9 Å². The van der Waals surface area contributed by atoms with Crippen LogP contribution < -0.4 is 5.73 Å². The van der Waals surface area contributed by atoms with Gasteiger partial charge in [0.15, 0.2) is 0 Å². The molecule has 3 aromatic rings. The predicted molar refractivity (Wildman–Crippen MR) is 77.8 cm³/mol. The van der Waals surface area contributed by atoms with Gasteiger partial charge in [0.25, 0.3) is 0 Å². The van der Waals surface area contributed by atoms with Crippen molar-refractivity contribution >= 4 is 11.5 Å². The molecule has 0 amide bonds. The average Bonchev–Trinajstić information content (AvgIpc) is 2.99. The minimum absolute atomic E-state index is 0.0168. The number of carbonyl (C=O) groups excluding carboxylic acids is 1. The third-order valence-corrected chi connectivity index (χ3v) is 3.14. The molecule has 0 unspecified atom stereocenters. The molecule has 2 N–H and O–H groups in total. The molecule has 0 aliphatic heterocycles. The van der Waals surface area contributed by atoms with Gasteiger partial charge in [-0.2, -0.15) is 5.10 Å². The summed E-state index contributed by atoms with van der Waals surface area (Å²) >= 11 is 0. The Morgan fingerprint density at radius 1 is 1.10 bits per heavy atom. The number of hydrogen-bond donors (Lipinski definition) is 1. The van der Waals surface area contributed by atoms with Crippen molar-refractivity contribution in [2.45, 2.75) is 0 Å². The first-order valence-electron chi connectivity index (χ1n) is 6.36. The molecule has 3 rings (SSSR count). The standard InChI is InChI=1S/C16H12FN3O/c17-13-10-11(6-7-14(13)18)16(21)15-8-9-19-20(15)12-4-2-1-3-5-12/h1-10H,18H2. The van der Waals surface area contributed by atoms with Gasteiger partial charge in [-0.3, -0.25) is 4.79 Å². The van der Waals surface area contributed by atoms with Gasteiger partial charge < -0.3 is 5.73 Å². The number of anilines is 1. The zero-order chi connectivity index (χ0) is 14.8. The molecule has 4 nitrogen and oxygen atoms in total. The molecule has 0 spiro atoms. The number of halogens is 1. The van der Waals surface area contributed by atoms with Gasteiger partial charge in [0.2, 0.25) is 5.78 Å². The molecule has 1 aromatic heterocycles. The van der Waals surface area contributed by atoms with Crippen LogP contribution in [0.15, 0.2) is 60.8 Å². The fraction of sp³-hybridized carbons (Fsp3) is 0. The molecule has 2 aromatic carbocycles. The van der Waals surface area contributed by atoms with Gasteiger partial charge in [0.1, 0.15) is 11.5 Å². The number of carbonyl (C=O) groups is 1. The van der Waals surface area contributed by atoms with Gasteiger partial charge in [0.05, 0.1) is 17.6 Å². The summed E-state index contributed by atoms with van der Waals surface area (Å²) in [6.45, 7) is 0. The zero-order valence-electron chi connectivity index (χ0n) is 11.0. The Labute approximate surface area is 120 Å². The molecule has 1 heterocycles. The molecule has 0 fully saturated rings. The fourth-order valence-corrected chi connectivity index (χ4v) is 2.07. The lowest BCUT2D eigenvalue weighted by molar-refractivity contribution is 0.103. The monoisotopic (exact) mass is 281 g/mol. The van der Waals surface area contributed by atoms with Crippen LogP contribution in [0.2, 0.25) is 0 Å². The number of rotatable bonds is 3. The van der Waals surface area contributed by atoms with Crippen LogP contribution in [0.3, 0.4) is 0 Å². The largest absolute Gasteiger partial charge is 0.396 e. The maximum Gasteiger partial charge on any atom is 0.211 e. The Morgan fingerprint density at radius 2 is 1.86 bits per heavy atom. The smallest absolute Gasteiger partial charge is 0.211 e. The van der Waals surface area contributed by atoms with Crippen molar-refractivity contribution in [2.24, 2.45) is 0 Å². The van der Waals surface area contributed by atoms with Crippen molar-refractivity contribution < 1.29 is 9.18 Å². The highest BCUT2D eigenvalue weighted by Crippen LogP contribution is 2.17. The molecule has 21 heavy (non-hydrogen) atoms. The van der Waals surface area contributed by atoms with Crippen LogP contribution in [0.25, 0.3) is 5.69 Å². The molecule has 0 saturated heterocycles. The summed E-state index contributed by atoms with van der Waals surface area (Å²) in [5.41, 5.74) is 6.81. The van der Waals surface area contributed by atoms with Crippen LogP contribution in [-0.4, -0.2) is 15.6 Å². The zero-order valence-corrected chi connectivity index (χ0v) is 11.0. The summed E-state index contributed by atoms with van der Waals surface area (Å²) in [5, 5.41) is 4.15. The Kier molecular flexibility index (Phi) is 3.23. The molecular weight excluding hydrogens is 269 g/mol. The Balaban J connectivity index is 2.03. The lowest BCUT2D eigenvalue weighted by Crippen LogP contribution is -2.10. The molecule has 0 aliphatic carbocycles. The number of nitrogens with two attached hydrogens (primary N) is 1. The number of para-hydroxylation sites is 1. The molecule has 0 radical (unpaired) electrons. The van der Waals surface area contributed by atoms with Crippen molar-refractivity contribution in [1.82, 2.24) is 9.78 Å². The van der Waals surface area contributed by atoms with E-state index in [1.165, 1.54) is 23.0 Å². The van der Waals surface area contributed by atoms with Crippen molar-refractivity contribution in [1.29, 1.82) is 0 Å². The summed E-state index contributed by atoms with van der Waals surface area (Å²) in [4.78, 5) is 12.5. The van der Waals surface area contributed by atoms with Gasteiger partial charge in [-0.1, -0.05) is 18.2 Å². The Hall–Kier alpha value is -2.95. The van der Waals surface area contributed by atoms with Crippen LogP contribution in [0, 0.1) is 5.82 Å². The Bertz CT molecular complexity index is 796. The third-order valence-electron chi connectivity index (χ3n) is 3.14. The minimum Gasteiger partial charge on any atom is -0.396 e. The second-order valence-corrected chi connectivity index (χ2v) is 4.53. The number of aromatic nitrogens is 2. The molecular formula is C16H12FN3O. The molecule has 0 aliphatic rings. The Morgan fingerprint density at radius 3 is 2.57 bits per heavy atom. The lowest BCUT2D eigenvalue weighted by Gasteiger charge is -2.07. The van der Waals surface area contributed by atoms with E-state index >= 15 is 0 Å². The van der Waals surface area contributed by atoms with Crippen molar-refractivity contribution in [2.75, 3.05) is 5.73 Å². The molecule has 5 heteroatoms. The van der Waals surface area contributed by atoms with E-state index in [4.69, 9.17) is 5.73 Å². The molecule has 0 saturated carbocycles. The maximum atomic E-state index is 13.5. The first-order valence-corrected chi connectivity index (χ1v) is 6.36. The van der Waals surface area contributed by atoms with Gasteiger partial charge >= 0.3 is 0 Å². The van der Waals surface area contributed by atoms with E-state index in [0.717, 1.165) is 11.8 Å². The molecule has 104 valence electrons. The maximum absolute atomic E-state index is 13.5. The first-order chi connectivity index (χ1) is 10.2. The third kappa shape index (κ3) is 2.41. The number of ketones is 1. The van der Waals surface area contributed by atoms with E-state index in [2.05, 4.69) is 5.10 Å². The fourth-order valence-electron chi connectivity index (χ4n) is 2.07. The highest BCUT2D eigenvalue weighted by atomic mass is 19.1. The summed E-state index contributed by atoms with van der Waals surface area (Å²) < 4.78 is 15.0. The van der Waals surface area contributed by atoms with Gasteiger partial charge in [-0.15, -0.1) is 0 Å². The SMILES string of the molecule is Nc1ccc(C(=O)c2ccnn2-c2ccccc2)cc1F. The predicted octanol–water partition coefficient (Wildman–Crippen LogP) is 2.82. The normalized spacial score (nSPS) is 10.5. The highest BCUT2D eigenvalue weighted by Gasteiger charge is 2.16. The van der Waals surface area contributed by atoms with Crippen LogP contribution in [0.5, 0.6) is 0 Å². The van der Waals surface area contributed by atoms with Crippen molar-refractivity contribution in [3.8, 4) is 5.69 Å².